The minimum absolute atomic E-state index is 0.506. The molecule has 0 amide bonds. The lowest BCUT2D eigenvalue weighted by Crippen LogP contribution is -2.38. The van der Waals surface area contributed by atoms with Crippen LogP contribution in [-0.2, 0) is 0 Å². The molecule has 0 saturated carbocycles. The minimum Gasteiger partial charge on any atom is -0.329 e. The first-order valence-electron chi connectivity index (χ1n) is 4.16. The van der Waals surface area contributed by atoms with Crippen molar-refractivity contribution in [3.05, 3.63) is 12.2 Å². The van der Waals surface area contributed by atoms with Crippen LogP contribution in [0.4, 0.5) is 0 Å². The van der Waals surface area contributed by atoms with Gasteiger partial charge in [-0.15, -0.1) is 0 Å². The van der Waals surface area contributed by atoms with Crippen molar-refractivity contribution in [3.63, 3.8) is 0 Å². The highest BCUT2D eigenvalue weighted by molar-refractivity contribution is 4.92. The lowest BCUT2D eigenvalue weighted by molar-refractivity contribution is 0.260. The number of likely N-dealkylation sites (N-methyl/N-ethyl adjacent to an activating group) is 1. The Labute approximate surface area is 70.1 Å². The number of hydrogen-bond acceptors (Lipinski definition) is 2. The Morgan fingerprint density at radius 2 is 2.18 bits per heavy atom. The van der Waals surface area contributed by atoms with E-state index in [1.807, 2.05) is 6.92 Å². The predicted octanol–water partition coefficient (Wildman–Crippen LogP) is 1.23. The average molecular weight is 156 g/mol. The summed E-state index contributed by atoms with van der Waals surface area (Å²) in [4.78, 5) is 2.25. The summed E-state index contributed by atoms with van der Waals surface area (Å²) in [5.41, 5.74) is 6.78. The van der Waals surface area contributed by atoms with E-state index in [9.17, 15) is 0 Å². The SMILES string of the molecule is C=C(C)CN(C)C(CC)CN. The molecular weight excluding hydrogens is 136 g/mol. The highest BCUT2D eigenvalue weighted by atomic mass is 15.1. The van der Waals surface area contributed by atoms with Gasteiger partial charge in [0, 0.05) is 19.1 Å². The van der Waals surface area contributed by atoms with Gasteiger partial charge in [0.2, 0.25) is 0 Å². The van der Waals surface area contributed by atoms with E-state index in [0.29, 0.717) is 6.04 Å². The zero-order chi connectivity index (χ0) is 8.85. The van der Waals surface area contributed by atoms with Gasteiger partial charge in [0.1, 0.15) is 0 Å². The fourth-order valence-corrected chi connectivity index (χ4v) is 1.21. The van der Waals surface area contributed by atoms with Crippen molar-refractivity contribution >= 4 is 0 Å². The third kappa shape index (κ3) is 4.17. The van der Waals surface area contributed by atoms with E-state index in [1.165, 1.54) is 5.57 Å². The maximum absolute atomic E-state index is 5.59. The van der Waals surface area contributed by atoms with Crippen molar-refractivity contribution in [2.75, 3.05) is 20.1 Å². The zero-order valence-electron chi connectivity index (χ0n) is 7.93. The molecule has 0 spiro atoms. The van der Waals surface area contributed by atoms with Crippen molar-refractivity contribution in [1.29, 1.82) is 0 Å². The standard InChI is InChI=1S/C9H20N2/c1-5-9(6-10)11(4)7-8(2)3/h9H,2,5-7,10H2,1,3-4H3. The lowest BCUT2D eigenvalue weighted by Gasteiger charge is -2.25. The van der Waals surface area contributed by atoms with Gasteiger partial charge in [-0.3, -0.25) is 4.90 Å². The third-order valence-corrected chi connectivity index (χ3v) is 1.89. The highest BCUT2D eigenvalue weighted by Gasteiger charge is 2.09. The summed E-state index contributed by atoms with van der Waals surface area (Å²) < 4.78 is 0. The molecule has 0 aromatic rings. The molecule has 0 aliphatic carbocycles. The van der Waals surface area contributed by atoms with Crippen LogP contribution in [0.15, 0.2) is 12.2 Å². The van der Waals surface area contributed by atoms with E-state index in [1.54, 1.807) is 0 Å². The average Bonchev–Trinajstić information content (AvgIpc) is 1.88. The number of rotatable bonds is 5. The van der Waals surface area contributed by atoms with E-state index in [0.717, 1.165) is 19.5 Å². The van der Waals surface area contributed by atoms with Gasteiger partial charge in [-0.25, -0.2) is 0 Å². The molecular formula is C9H20N2. The summed E-state index contributed by atoms with van der Waals surface area (Å²) in [7, 11) is 2.09. The van der Waals surface area contributed by atoms with Crippen molar-refractivity contribution < 1.29 is 0 Å². The highest BCUT2D eigenvalue weighted by Crippen LogP contribution is 2.01. The topological polar surface area (TPSA) is 29.3 Å². The molecule has 0 heterocycles. The fourth-order valence-electron chi connectivity index (χ4n) is 1.21. The van der Waals surface area contributed by atoms with Gasteiger partial charge in [-0.2, -0.15) is 0 Å². The molecule has 0 aromatic heterocycles. The van der Waals surface area contributed by atoms with E-state index >= 15 is 0 Å². The van der Waals surface area contributed by atoms with Crippen LogP contribution in [0.2, 0.25) is 0 Å². The largest absolute Gasteiger partial charge is 0.329 e. The molecule has 66 valence electrons. The quantitative estimate of drug-likeness (QED) is 0.607. The van der Waals surface area contributed by atoms with Gasteiger partial charge in [0.05, 0.1) is 0 Å². The molecule has 2 nitrogen and oxygen atoms in total. The number of nitrogens with zero attached hydrogens (tertiary/aromatic N) is 1. The predicted molar refractivity (Wildman–Crippen MR) is 50.6 cm³/mol. The molecule has 2 heteroatoms. The lowest BCUT2D eigenvalue weighted by atomic mass is 10.2. The first-order chi connectivity index (χ1) is 5.11. The Kier molecular flexibility index (Phi) is 5.16. The summed E-state index contributed by atoms with van der Waals surface area (Å²) in [5, 5.41) is 0. The third-order valence-electron chi connectivity index (χ3n) is 1.89. The molecule has 1 unspecified atom stereocenters. The van der Waals surface area contributed by atoms with Crippen LogP contribution in [0.5, 0.6) is 0 Å². The molecule has 0 rings (SSSR count). The van der Waals surface area contributed by atoms with Crippen LogP contribution in [-0.4, -0.2) is 31.1 Å². The van der Waals surface area contributed by atoms with E-state index in [-0.39, 0.29) is 0 Å². The van der Waals surface area contributed by atoms with Gasteiger partial charge >= 0.3 is 0 Å². The molecule has 11 heavy (non-hydrogen) atoms. The molecule has 0 fully saturated rings. The van der Waals surface area contributed by atoms with Gasteiger partial charge in [-0.1, -0.05) is 19.1 Å². The Morgan fingerprint density at radius 1 is 1.64 bits per heavy atom. The van der Waals surface area contributed by atoms with Crippen LogP contribution in [0.3, 0.4) is 0 Å². The Hall–Kier alpha value is -0.340. The van der Waals surface area contributed by atoms with Crippen LogP contribution < -0.4 is 5.73 Å². The van der Waals surface area contributed by atoms with E-state index in [2.05, 4.69) is 25.5 Å². The summed E-state index contributed by atoms with van der Waals surface area (Å²) in [5.74, 6) is 0. The summed E-state index contributed by atoms with van der Waals surface area (Å²) >= 11 is 0. The van der Waals surface area contributed by atoms with Crippen LogP contribution in [0, 0.1) is 0 Å². The van der Waals surface area contributed by atoms with Crippen LogP contribution >= 0.6 is 0 Å². The fraction of sp³-hybridized carbons (Fsp3) is 0.778. The molecule has 0 bridgehead atoms. The van der Waals surface area contributed by atoms with E-state index in [4.69, 9.17) is 5.73 Å². The van der Waals surface area contributed by atoms with Gasteiger partial charge in [-0.05, 0) is 20.4 Å². The Bertz CT molecular complexity index is 117. The number of hydrogen-bond donors (Lipinski definition) is 1. The van der Waals surface area contributed by atoms with Crippen LogP contribution in [0.25, 0.3) is 0 Å². The Balaban J connectivity index is 3.78. The summed E-state index contributed by atoms with van der Waals surface area (Å²) in [6.07, 6.45) is 1.11. The van der Waals surface area contributed by atoms with Crippen molar-refractivity contribution in [2.24, 2.45) is 5.73 Å². The Morgan fingerprint density at radius 3 is 2.45 bits per heavy atom. The second kappa shape index (κ2) is 5.33. The molecule has 0 radical (unpaired) electrons. The first kappa shape index (κ1) is 10.7. The molecule has 0 aromatic carbocycles. The van der Waals surface area contributed by atoms with Crippen molar-refractivity contribution in [2.45, 2.75) is 26.3 Å². The zero-order valence-corrected chi connectivity index (χ0v) is 7.93. The molecule has 0 aliphatic heterocycles. The first-order valence-corrected chi connectivity index (χ1v) is 4.16. The van der Waals surface area contributed by atoms with Gasteiger partial charge in [0.15, 0.2) is 0 Å². The van der Waals surface area contributed by atoms with Gasteiger partial charge in [0.25, 0.3) is 0 Å². The van der Waals surface area contributed by atoms with Crippen molar-refractivity contribution in [1.82, 2.24) is 4.90 Å². The molecule has 1 atom stereocenters. The second-order valence-corrected chi connectivity index (χ2v) is 3.17. The van der Waals surface area contributed by atoms with E-state index < -0.39 is 0 Å². The van der Waals surface area contributed by atoms with Crippen molar-refractivity contribution in [3.8, 4) is 0 Å². The molecule has 2 N–H and O–H groups in total. The maximum atomic E-state index is 5.59. The second-order valence-electron chi connectivity index (χ2n) is 3.17. The van der Waals surface area contributed by atoms with Gasteiger partial charge < -0.3 is 5.73 Å². The smallest absolute Gasteiger partial charge is 0.0216 e. The minimum atomic E-state index is 0.506. The molecule has 0 aliphatic rings. The van der Waals surface area contributed by atoms with Crippen LogP contribution in [0.1, 0.15) is 20.3 Å². The summed E-state index contributed by atoms with van der Waals surface area (Å²) in [6, 6.07) is 0.506. The molecule has 0 saturated heterocycles. The normalized spacial score (nSPS) is 13.5. The number of nitrogens with two attached hydrogens (primary N) is 1. The summed E-state index contributed by atoms with van der Waals surface area (Å²) in [6.45, 7) is 9.75. The maximum Gasteiger partial charge on any atom is 0.0216 e. The monoisotopic (exact) mass is 156 g/mol.